The van der Waals surface area contributed by atoms with Crippen LogP contribution in [0.5, 0.6) is 0 Å². The summed E-state index contributed by atoms with van der Waals surface area (Å²) in [6, 6.07) is 5.18. The van der Waals surface area contributed by atoms with Crippen LogP contribution in [0.2, 0.25) is 0 Å². The summed E-state index contributed by atoms with van der Waals surface area (Å²) >= 11 is 0. The fourth-order valence-electron chi connectivity index (χ4n) is 2.00. The zero-order chi connectivity index (χ0) is 13.9. The summed E-state index contributed by atoms with van der Waals surface area (Å²) in [5, 5.41) is 5.53. The summed E-state index contributed by atoms with van der Waals surface area (Å²) in [6.45, 7) is 0.361. The fourth-order valence-corrected chi connectivity index (χ4v) is 3.44. The minimum atomic E-state index is -3.06. The quantitative estimate of drug-likeness (QED) is 0.850. The minimum Gasteiger partial charge on any atom is -0.326 e. The Kier molecular flexibility index (Phi) is 4.16. The lowest BCUT2D eigenvalue weighted by atomic mass is 10.2. The van der Waals surface area contributed by atoms with Gasteiger partial charge in [0.05, 0.1) is 11.5 Å². The monoisotopic (exact) mass is 286 g/mol. The Balaban J connectivity index is 1.91. The molecule has 104 valence electrons. The number of benzene rings is 1. The Morgan fingerprint density at radius 2 is 2.26 bits per heavy atom. The first-order valence-corrected chi connectivity index (χ1v) is 7.76. The number of nitrogens with one attached hydrogen (secondary N) is 2. The number of rotatable bonds is 3. The van der Waals surface area contributed by atoms with Crippen LogP contribution in [-0.2, 0) is 14.6 Å². The molecule has 0 aliphatic carbocycles. The number of carbonyl (C=O) groups is 1. The smallest absolute Gasteiger partial charge is 0.225 e. The molecular weight excluding hydrogens is 271 g/mol. The summed E-state index contributed by atoms with van der Waals surface area (Å²) in [5.41, 5.74) is 0.365. The summed E-state index contributed by atoms with van der Waals surface area (Å²) < 4.78 is 35.8. The van der Waals surface area contributed by atoms with Gasteiger partial charge in [0.1, 0.15) is 5.82 Å². The maximum atomic E-state index is 12.9. The maximum absolute atomic E-state index is 12.9. The van der Waals surface area contributed by atoms with Crippen LogP contribution in [0.1, 0.15) is 6.42 Å². The SMILES string of the molecule is O=C(CC1CS(=O)(=O)CCN1)Nc1cccc(F)c1. The lowest BCUT2D eigenvalue weighted by Gasteiger charge is -2.23. The molecule has 0 saturated carbocycles. The Hall–Kier alpha value is -1.47. The molecule has 0 bridgehead atoms. The molecule has 1 heterocycles. The van der Waals surface area contributed by atoms with E-state index in [0.717, 1.165) is 0 Å². The zero-order valence-electron chi connectivity index (χ0n) is 10.2. The molecule has 0 radical (unpaired) electrons. The van der Waals surface area contributed by atoms with Gasteiger partial charge in [-0.2, -0.15) is 0 Å². The van der Waals surface area contributed by atoms with E-state index < -0.39 is 15.7 Å². The van der Waals surface area contributed by atoms with Crippen LogP contribution in [0.25, 0.3) is 0 Å². The summed E-state index contributed by atoms with van der Waals surface area (Å²) in [5.74, 6) is -0.699. The second-order valence-corrected chi connectivity index (χ2v) is 6.76. The summed E-state index contributed by atoms with van der Waals surface area (Å²) in [6.07, 6.45) is 0.0513. The van der Waals surface area contributed by atoms with E-state index in [2.05, 4.69) is 10.6 Å². The van der Waals surface area contributed by atoms with Crippen molar-refractivity contribution in [3.05, 3.63) is 30.1 Å². The molecule has 1 unspecified atom stereocenters. The van der Waals surface area contributed by atoms with Crippen LogP contribution in [-0.4, -0.2) is 38.4 Å². The van der Waals surface area contributed by atoms with Crippen LogP contribution < -0.4 is 10.6 Å². The molecule has 5 nitrogen and oxygen atoms in total. The van der Waals surface area contributed by atoms with Gasteiger partial charge in [0.2, 0.25) is 5.91 Å². The van der Waals surface area contributed by atoms with Crippen LogP contribution in [0, 0.1) is 5.82 Å². The van der Waals surface area contributed by atoms with Gasteiger partial charge in [0.15, 0.2) is 9.84 Å². The standard InChI is InChI=1S/C12H15FN2O3S/c13-9-2-1-3-10(6-9)15-12(16)7-11-8-19(17,18)5-4-14-11/h1-3,6,11,14H,4-5,7-8H2,(H,15,16). The van der Waals surface area contributed by atoms with Crippen LogP contribution in [0.3, 0.4) is 0 Å². The molecule has 1 amide bonds. The number of hydrogen-bond donors (Lipinski definition) is 2. The first-order valence-electron chi connectivity index (χ1n) is 5.94. The molecule has 2 rings (SSSR count). The van der Waals surface area contributed by atoms with Crippen molar-refractivity contribution in [3.63, 3.8) is 0 Å². The fraction of sp³-hybridized carbons (Fsp3) is 0.417. The highest BCUT2D eigenvalue weighted by Gasteiger charge is 2.25. The molecule has 1 aromatic rings. The maximum Gasteiger partial charge on any atom is 0.225 e. The molecule has 1 fully saturated rings. The van der Waals surface area contributed by atoms with Gasteiger partial charge in [-0.1, -0.05) is 6.07 Å². The molecule has 1 atom stereocenters. The van der Waals surface area contributed by atoms with E-state index in [0.29, 0.717) is 12.2 Å². The van der Waals surface area contributed by atoms with Gasteiger partial charge in [-0.25, -0.2) is 12.8 Å². The van der Waals surface area contributed by atoms with Gasteiger partial charge in [-0.15, -0.1) is 0 Å². The van der Waals surface area contributed by atoms with Crippen LogP contribution >= 0.6 is 0 Å². The Labute approximate surface area is 111 Å². The number of halogens is 1. The number of carbonyl (C=O) groups excluding carboxylic acids is 1. The topological polar surface area (TPSA) is 75.3 Å². The van der Waals surface area contributed by atoms with Crippen molar-refractivity contribution < 1.29 is 17.6 Å². The molecule has 2 N–H and O–H groups in total. The van der Waals surface area contributed by atoms with Gasteiger partial charge in [-0.3, -0.25) is 4.79 Å². The Morgan fingerprint density at radius 1 is 1.47 bits per heavy atom. The predicted octanol–water partition coefficient (Wildman–Crippen LogP) is 0.541. The van der Waals surface area contributed by atoms with Crippen molar-refractivity contribution in [2.45, 2.75) is 12.5 Å². The highest BCUT2D eigenvalue weighted by molar-refractivity contribution is 7.91. The molecule has 1 aromatic carbocycles. The van der Waals surface area contributed by atoms with Crippen molar-refractivity contribution in [1.29, 1.82) is 0 Å². The third-order valence-corrected chi connectivity index (χ3v) is 4.58. The second-order valence-electron chi connectivity index (χ2n) is 4.53. The van der Waals surface area contributed by atoms with Crippen LogP contribution in [0.15, 0.2) is 24.3 Å². The number of hydrogen-bond acceptors (Lipinski definition) is 4. The molecule has 1 aliphatic rings. The molecule has 0 spiro atoms. The average Bonchev–Trinajstić information content (AvgIpc) is 2.27. The van der Waals surface area contributed by atoms with Crippen molar-refractivity contribution in [1.82, 2.24) is 5.32 Å². The predicted molar refractivity (Wildman–Crippen MR) is 70.1 cm³/mol. The molecule has 7 heteroatoms. The van der Waals surface area contributed by atoms with Crippen molar-refractivity contribution in [2.24, 2.45) is 0 Å². The second kappa shape index (κ2) is 5.66. The summed E-state index contributed by atoms with van der Waals surface area (Å²) in [7, 11) is -3.06. The number of amides is 1. The lowest BCUT2D eigenvalue weighted by molar-refractivity contribution is -0.116. The average molecular weight is 286 g/mol. The number of sulfone groups is 1. The highest BCUT2D eigenvalue weighted by atomic mass is 32.2. The first kappa shape index (κ1) is 14.0. The van der Waals surface area contributed by atoms with Crippen molar-refractivity contribution in [2.75, 3.05) is 23.4 Å². The van der Waals surface area contributed by atoms with Crippen molar-refractivity contribution in [3.8, 4) is 0 Å². The van der Waals surface area contributed by atoms with Gasteiger partial charge in [0, 0.05) is 24.7 Å². The third kappa shape index (κ3) is 4.29. The van der Waals surface area contributed by atoms with E-state index in [4.69, 9.17) is 0 Å². The Bertz CT molecular complexity index is 574. The largest absolute Gasteiger partial charge is 0.326 e. The van der Waals surface area contributed by atoms with Gasteiger partial charge in [-0.05, 0) is 18.2 Å². The minimum absolute atomic E-state index is 0.0381. The first-order chi connectivity index (χ1) is 8.94. The highest BCUT2D eigenvalue weighted by Crippen LogP contribution is 2.11. The zero-order valence-corrected chi connectivity index (χ0v) is 11.0. The van der Waals surface area contributed by atoms with E-state index in [1.807, 2.05) is 0 Å². The van der Waals surface area contributed by atoms with Crippen molar-refractivity contribution >= 4 is 21.4 Å². The normalized spacial score (nSPS) is 21.8. The van der Waals surface area contributed by atoms with Crippen LogP contribution in [0.4, 0.5) is 10.1 Å². The Morgan fingerprint density at radius 3 is 2.95 bits per heavy atom. The molecule has 0 aromatic heterocycles. The number of anilines is 1. The molecule has 19 heavy (non-hydrogen) atoms. The van der Waals surface area contributed by atoms with E-state index in [1.165, 1.54) is 18.2 Å². The van der Waals surface area contributed by atoms with E-state index in [-0.39, 0.29) is 29.9 Å². The molecular formula is C12H15FN2O3S. The van der Waals surface area contributed by atoms with E-state index >= 15 is 0 Å². The van der Waals surface area contributed by atoms with E-state index in [9.17, 15) is 17.6 Å². The van der Waals surface area contributed by atoms with Gasteiger partial charge in [0.25, 0.3) is 0 Å². The molecule has 1 aliphatic heterocycles. The third-order valence-electron chi connectivity index (χ3n) is 2.84. The van der Waals surface area contributed by atoms with Gasteiger partial charge >= 0.3 is 0 Å². The van der Waals surface area contributed by atoms with E-state index in [1.54, 1.807) is 6.07 Å². The summed E-state index contributed by atoms with van der Waals surface area (Å²) in [4.78, 5) is 11.7. The lowest BCUT2D eigenvalue weighted by Crippen LogP contribution is -2.46. The molecule has 1 saturated heterocycles. The van der Waals surface area contributed by atoms with Gasteiger partial charge < -0.3 is 10.6 Å².